The van der Waals surface area contributed by atoms with Crippen molar-refractivity contribution < 1.29 is 14.3 Å². The van der Waals surface area contributed by atoms with Crippen molar-refractivity contribution in [2.24, 2.45) is 11.7 Å². The van der Waals surface area contributed by atoms with Gasteiger partial charge in [-0.15, -0.1) is 0 Å². The zero-order valence-electron chi connectivity index (χ0n) is 12.9. The van der Waals surface area contributed by atoms with Crippen LogP contribution in [0.2, 0.25) is 0 Å². The highest BCUT2D eigenvalue weighted by atomic mass is 16.5. The van der Waals surface area contributed by atoms with Crippen LogP contribution in [0.4, 0.5) is 5.69 Å². The zero-order chi connectivity index (χ0) is 15.8. The molecule has 0 spiro atoms. The highest BCUT2D eigenvalue weighted by Gasteiger charge is 2.17. The van der Waals surface area contributed by atoms with E-state index in [0.29, 0.717) is 17.9 Å². The minimum atomic E-state index is -0.552. The van der Waals surface area contributed by atoms with Gasteiger partial charge in [-0.1, -0.05) is 27.2 Å². The second-order valence-corrected chi connectivity index (χ2v) is 5.33. The highest BCUT2D eigenvalue weighted by molar-refractivity contribution is 5.95. The number of ether oxygens (including phenoxy) is 1. The monoisotopic (exact) mass is 292 g/mol. The Kier molecular flexibility index (Phi) is 6.88. The van der Waals surface area contributed by atoms with Crippen molar-refractivity contribution in [1.29, 1.82) is 0 Å². The molecule has 0 aliphatic carbocycles. The molecule has 0 unspecified atom stereocenters. The summed E-state index contributed by atoms with van der Waals surface area (Å²) in [5.41, 5.74) is 6.85. The lowest BCUT2D eigenvalue weighted by Crippen LogP contribution is -2.39. The van der Waals surface area contributed by atoms with Crippen LogP contribution in [0.3, 0.4) is 0 Å². The fraction of sp³-hybridized carbons (Fsp3) is 0.500. The average Bonchev–Trinajstić information content (AvgIpc) is 2.47. The lowest BCUT2D eigenvalue weighted by atomic mass is 10.0. The molecule has 0 fully saturated rings. The van der Waals surface area contributed by atoms with Gasteiger partial charge in [-0.05, 0) is 36.6 Å². The zero-order valence-corrected chi connectivity index (χ0v) is 12.9. The molecule has 0 radical (unpaired) electrons. The quantitative estimate of drug-likeness (QED) is 0.598. The Labute approximate surface area is 125 Å². The van der Waals surface area contributed by atoms with Crippen molar-refractivity contribution in [3.63, 3.8) is 0 Å². The van der Waals surface area contributed by atoms with Gasteiger partial charge in [-0.3, -0.25) is 4.79 Å². The van der Waals surface area contributed by atoms with Gasteiger partial charge >= 0.3 is 5.97 Å². The van der Waals surface area contributed by atoms with Crippen molar-refractivity contribution in [3.05, 3.63) is 29.8 Å². The summed E-state index contributed by atoms with van der Waals surface area (Å²) < 4.78 is 5.11. The van der Waals surface area contributed by atoms with Gasteiger partial charge in [0.1, 0.15) is 0 Å². The third-order valence-corrected chi connectivity index (χ3v) is 3.14. The molecular formula is C16H24N2O3. The normalized spacial score (nSPS) is 12.0. The van der Waals surface area contributed by atoms with Crippen LogP contribution in [0.15, 0.2) is 24.3 Å². The summed E-state index contributed by atoms with van der Waals surface area (Å²) in [7, 11) is 0. The molecule has 0 aromatic heterocycles. The Hall–Kier alpha value is -1.88. The average molecular weight is 292 g/mol. The van der Waals surface area contributed by atoms with E-state index in [2.05, 4.69) is 5.32 Å². The van der Waals surface area contributed by atoms with E-state index < -0.39 is 6.04 Å². The van der Waals surface area contributed by atoms with Gasteiger partial charge < -0.3 is 15.8 Å². The lowest BCUT2D eigenvalue weighted by molar-refractivity contribution is -0.118. The summed E-state index contributed by atoms with van der Waals surface area (Å²) in [6.45, 7) is 6.24. The van der Waals surface area contributed by atoms with Gasteiger partial charge in [0.25, 0.3) is 0 Å². The second kappa shape index (κ2) is 8.42. The molecule has 0 aliphatic rings. The number of esters is 1. The predicted octanol–water partition coefficient (Wildman–Crippen LogP) is 2.57. The number of carbonyl (C=O) groups is 2. The number of nitrogens with one attached hydrogen (secondary N) is 1. The van der Waals surface area contributed by atoms with E-state index in [9.17, 15) is 9.59 Å². The number of hydrogen-bond acceptors (Lipinski definition) is 4. The number of nitrogens with two attached hydrogens (primary N) is 1. The van der Waals surface area contributed by atoms with Crippen molar-refractivity contribution >= 4 is 17.6 Å². The molecule has 1 aromatic carbocycles. The first-order chi connectivity index (χ1) is 9.95. The summed E-state index contributed by atoms with van der Waals surface area (Å²) in [4.78, 5) is 23.5. The number of benzene rings is 1. The van der Waals surface area contributed by atoms with Gasteiger partial charge in [0.15, 0.2) is 0 Å². The Morgan fingerprint density at radius 3 is 2.38 bits per heavy atom. The molecular weight excluding hydrogens is 268 g/mol. The van der Waals surface area contributed by atoms with Gasteiger partial charge in [-0.2, -0.15) is 0 Å². The number of amides is 1. The number of carbonyl (C=O) groups excluding carboxylic acids is 2. The lowest BCUT2D eigenvalue weighted by Gasteiger charge is -2.15. The van der Waals surface area contributed by atoms with E-state index in [-0.39, 0.29) is 17.8 Å². The fourth-order valence-electron chi connectivity index (χ4n) is 1.61. The summed E-state index contributed by atoms with van der Waals surface area (Å²) in [5, 5.41) is 2.73. The van der Waals surface area contributed by atoms with E-state index >= 15 is 0 Å². The topological polar surface area (TPSA) is 81.4 Å². The molecule has 1 rings (SSSR count). The maximum Gasteiger partial charge on any atom is 0.338 e. The minimum Gasteiger partial charge on any atom is -0.462 e. The Balaban J connectivity index is 2.58. The van der Waals surface area contributed by atoms with Crippen LogP contribution < -0.4 is 11.1 Å². The molecule has 116 valence electrons. The summed E-state index contributed by atoms with van der Waals surface area (Å²) in [5.74, 6) is -0.513. The molecule has 3 N–H and O–H groups in total. The van der Waals surface area contributed by atoms with Crippen molar-refractivity contribution in [2.75, 3.05) is 11.9 Å². The van der Waals surface area contributed by atoms with E-state index in [4.69, 9.17) is 10.5 Å². The molecule has 5 heteroatoms. The van der Waals surface area contributed by atoms with E-state index in [1.54, 1.807) is 24.3 Å². The van der Waals surface area contributed by atoms with Gasteiger partial charge in [-0.25, -0.2) is 4.79 Å². The molecule has 0 heterocycles. The molecule has 1 amide bonds. The van der Waals surface area contributed by atoms with Crippen LogP contribution in [0.5, 0.6) is 0 Å². The van der Waals surface area contributed by atoms with Crippen molar-refractivity contribution in [3.8, 4) is 0 Å². The third kappa shape index (κ3) is 5.55. The minimum absolute atomic E-state index is 0.0674. The van der Waals surface area contributed by atoms with Crippen LogP contribution in [0, 0.1) is 5.92 Å². The van der Waals surface area contributed by atoms with E-state index in [1.807, 2.05) is 20.8 Å². The predicted molar refractivity (Wildman–Crippen MR) is 83.1 cm³/mol. The smallest absolute Gasteiger partial charge is 0.338 e. The molecule has 1 aromatic rings. The fourth-order valence-corrected chi connectivity index (χ4v) is 1.61. The van der Waals surface area contributed by atoms with Gasteiger partial charge in [0.2, 0.25) is 5.91 Å². The Morgan fingerprint density at radius 1 is 1.24 bits per heavy atom. The van der Waals surface area contributed by atoms with E-state index in [1.165, 1.54) is 0 Å². The first-order valence-electron chi connectivity index (χ1n) is 7.29. The van der Waals surface area contributed by atoms with Crippen LogP contribution >= 0.6 is 0 Å². The van der Waals surface area contributed by atoms with Crippen LogP contribution in [0.1, 0.15) is 44.0 Å². The number of unbranched alkanes of at least 4 members (excludes halogenated alkanes) is 1. The molecule has 0 saturated carbocycles. The van der Waals surface area contributed by atoms with E-state index in [0.717, 1.165) is 12.8 Å². The van der Waals surface area contributed by atoms with Gasteiger partial charge in [0, 0.05) is 5.69 Å². The first kappa shape index (κ1) is 17.2. The molecule has 5 nitrogen and oxygen atoms in total. The largest absolute Gasteiger partial charge is 0.462 e. The van der Waals surface area contributed by atoms with Gasteiger partial charge in [0.05, 0.1) is 18.2 Å². The first-order valence-corrected chi connectivity index (χ1v) is 7.29. The molecule has 21 heavy (non-hydrogen) atoms. The number of anilines is 1. The maximum atomic E-state index is 11.8. The Morgan fingerprint density at radius 2 is 1.86 bits per heavy atom. The molecule has 0 aliphatic heterocycles. The van der Waals surface area contributed by atoms with Crippen LogP contribution in [0.25, 0.3) is 0 Å². The van der Waals surface area contributed by atoms with Crippen molar-refractivity contribution in [2.45, 2.75) is 39.7 Å². The maximum absolute atomic E-state index is 11.8. The summed E-state index contributed by atoms with van der Waals surface area (Å²) in [6.07, 6.45) is 1.83. The Bertz CT molecular complexity index is 469. The highest BCUT2D eigenvalue weighted by Crippen LogP contribution is 2.12. The summed E-state index contributed by atoms with van der Waals surface area (Å²) >= 11 is 0. The summed E-state index contributed by atoms with van der Waals surface area (Å²) in [6, 6.07) is 6.04. The standard InChI is InChI=1S/C16H24N2O3/c1-4-5-10-21-16(20)12-6-8-13(9-7-12)18-15(19)14(17)11(2)3/h6-9,11,14H,4-5,10,17H2,1-3H3,(H,18,19)/t14-/m0/s1. The molecule has 1 atom stereocenters. The van der Waals surface area contributed by atoms with Crippen molar-refractivity contribution in [1.82, 2.24) is 0 Å². The molecule has 0 bridgehead atoms. The third-order valence-electron chi connectivity index (χ3n) is 3.14. The second-order valence-electron chi connectivity index (χ2n) is 5.33. The van der Waals surface area contributed by atoms with Crippen LogP contribution in [-0.2, 0) is 9.53 Å². The SMILES string of the molecule is CCCCOC(=O)c1ccc(NC(=O)[C@@H](N)C(C)C)cc1. The molecule has 0 saturated heterocycles. The number of rotatable bonds is 7. The van der Waals surface area contributed by atoms with Crippen LogP contribution in [-0.4, -0.2) is 24.5 Å². The number of hydrogen-bond donors (Lipinski definition) is 2.